The van der Waals surface area contributed by atoms with Crippen molar-refractivity contribution in [2.75, 3.05) is 24.8 Å². The van der Waals surface area contributed by atoms with Gasteiger partial charge in [0.2, 0.25) is 0 Å². The van der Waals surface area contributed by atoms with E-state index in [1.165, 1.54) is 19.2 Å². The highest BCUT2D eigenvalue weighted by Gasteiger charge is 2.19. The van der Waals surface area contributed by atoms with Crippen LogP contribution in [0.15, 0.2) is 36.4 Å². The molecule has 0 saturated heterocycles. The molecule has 0 amide bonds. The minimum absolute atomic E-state index is 0.101. The molecule has 2 N–H and O–H groups in total. The molecular formula is C14H14FN3O3. The number of anilines is 3. The van der Waals surface area contributed by atoms with Crippen molar-refractivity contribution in [2.24, 2.45) is 0 Å². The van der Waals surface area contributed by atoms with Gasteiger partial charge in [-0.3, -0.25) is 10.1 Å². The van der Waals surface area contributed by atoms with Crippen LogP contribution in [0.25, 0.3) is 0 Å². The van der Waals surface area contributed by atoms with E-state index in [1.807, 2.05) is 0 Å². The van der Waals surface area contributed by atoms with Gasteiger partial charge in [-0.05, 0) is 24.3 Å². The molecule has 2 rings (SSSR count). The van der Waals surface area contributed by atoms with Crippen molar-refractivity contribution in [1.82, 2.24) is 0 Å². The Morgan fingerprint density at radius 1 is 1.24 bits per heavy atom. The number of para-hydroxylation sites is 1. The number of nitro benzene ring substituents is 1. The molecule has 0 aromatic heterocycles. The van der Waals surface area contributed by atoms with Crippen LogP contribution < -0.4 is 15.4 Å². The zero-order chi connectivity index (χ0) is 15.4. The number of nitrogens with zero attached hydrogens (tertiary/aromatic N) is 1. The smallest absolute Gasteiger partial charge is 0.315 e. The van der Waals surface area contributed by atoms with E-state index in [0.717, 1.165) is 0 Å². The highest BCUT2D eigenvalue weighted by Crippen LogP contribution is 2.35. The number of rotatable bonds is 5. The molecule has 0 aliphatic rings. The molecule has 0 aliphatic carbocycles. The summed E-state index contributed by atoms with van der Waals surface area (Å²) in [5, 5.41) is 16.8. The summed E-state index contributed by atoms with van der Waals surface area (Å²) in [6, 6.07) is 9.07. The Labute approximate surface area is 120 Å². The summed E-state index contributed by atoms with van der Waals surface area (Å²) in [5.41, 5.74) is 0.941. The van der Waals surface area contributed by atoms with Gasteiger partial charge in [0, 0.05) is 18.8 Å². The molecule has 6 nitrogen and oxygen atoms in total. The lowest BCUT2D eigenvalue weighted by molar-refractivity contribution is -0.383. The van der Waals surface area contributed by atoms with E-state index in [-0.39, 0.29) is 17.1 Å². The Balaban J connectivity index is 2.40. The molecule has 21 heavy (non-hydrogen) atoms. The Hall–Kier alpha value is -2.83. The summed E-state index contributed by atoms with van der Waals surface area (Å²) in [5.74, 6) is -0.436. The van der Waals surface area contributed by atoms with Crippen molar-refractivity contribution < 1.29 is 14.1 Å². The highest BCUT2D eigenvalue weighted by molar-refractivity contribution is 5.79. The van der Waals surface area contributed by atoms with Gasteiger partial charge in [0.05, 0.1) is 12.0 Å². The van der Waals surface area contributed by atoms with E-state index in [0.29, 0.717) is 11.4 Å². The van der Waals surface area contributed by atoms with E-state index in [1.54, 1.807) is 31.3 Å². The fraction of sp³-hybridized carbons (Fsp3) is 0.143. The normalized spacial score (nSPS) is 10.0. The van der Waals surface area contributed by atoms with E-state index >= 15 is 0 Å². The molecule has 0 bridgehead atoms. The number of hydrogen-bond donors (Lipinski definition) is 2. The fourth-order valence-electron chi connectivity index (χ4n) is 1.94. The van der Waals surface area contributed by atoms with Gasteiger partial charge in [-0.15, -0.1) is 0 Å². The lowest BCUT2D eigenvalue weighted by atomic mass is 10.2. The Morgan fingerprint density at radius 3 is 2.52 bits per heavy atom. The van der Waals surface area contributed by atoms with E-state index in [9.17, 15) is 14.5 Å². The first-order valence-corrected chi connectivity index (χ1v) is 6.12. The molecule has 0 spiro atoms. The number of halogens is 1. The van der Waals surface area contributed by atoms with Gasteiger partial charge in [0.15, 0.2) is 11.6 Å². The third-order valence-electron chi connectivity index (χ3n) is 2.92. The topological polar surface area (TPSA) is 76.4 Å². The van der Waals surface area contributed by atoms with Gasteiger partial charge >= 0.3 is 5.69 Å². The van der Waals surface area contributed by atoms with Crippen LogP contribution in [0.3, 0.4) is 0 Å². The molecule has 0 radical (unpaired) electrons. The zero-order valence-electron chi connectivity index (χ0n) is 11.5. The Bertz CT molecular complexity index is 677. The number of nitro groups is 1. The van der Waals surface area contributed by atoms with Gasteiger partial charge in [-0.2, -0.15) is 0 Å². The van der Waals surface area contributed by atoms with Crippen LogP contribution in [-0.4, -0.2) is 19.1 Å². The lowest BCUT2D eigenvalue weighted by Gasteiger charge is -2.11. The standard InChI is InChI=1S/C14H14FN3O3/c1-16-11-4-3-5-12(14(11)18(19)20)17-9-6-7-13(21-2)10(15)8-9/h3-8,16-17H,1-2H3. The Morgan fingerprint density at radius 2 is 1.95 bits per heavy atom. The quantitative estimate of drug-likeness (QED) is 0.651. The lowest BCUT2D eigenvalue weighted by Crippen LogP contribution is -2.01. The molecular weight excluding hydrogens is 277 g/mol. The SMILES string of the molecule is CNc1cccc(Nc2ccc(OC)c(F)c2)c1[N+](=O)[O-]. The average molecular weight is 291 g/mol. The zero-order valence-corrected chi connectivity index (χ0v) is 11.5. The highest BCUT2D eigenvalue weighted by atomic mass is 19.1. The summed E-state index contributed by atoms with van der Waals surface area (Å²) < 4.78 is 18.5. The van der Waals surface area contributed by atoms with Crippen molar-refractivity contribution >= 4 is 22.7 Å². The van der Waals surface area contributed by atoms with Crippen molar-refractivity contribution in [3.05, 3.63) is 52.3 Å². The molecule has 110 valence electrons. The van der Waals surface area contributed by atoms with Gasteiger partial charge in [0.1, 0.15) is 11.4 Å². The molecule has 2 aromatic carbocycles. The summed E-state index contributed by atoms with van der Waals surface area (Å²) in [6.45, 7) is 0. The second kappa shape index (κ2) is 6.08. The molecule has 0 saturated carbocycles. The summed E-state index contributed by atoms with van der Waals surface area (Å²) >= 11 is 0. The molecule has 0 unspecified atom stereocenters. The summed E-state index contributed by atoms with van der Waals surface area (Å²) in [6.07, 6.45) is 0. The minimum Gasteiger partial charge on any atom is -0.494 e. The number of ether oxygens (including phenoxy) is 1. The maximum atomic E-state index is 13.6. The third-order valence-corrected chi connectivity index (χ3v) is 2.92. The first-order valence-electron chi connectivity index (χ1n) is 6.12. The van der Waals surface area contributed by atoms with Gasteiger partial charge < -0.3 is 15.4 Å². The first-order chi connectivity index (χ1) is 10.1. The maximum absolute atomic E-state index is 13.6. The average Bonchev–Trinajstić information content (AvgIpc) is 2.46. The molecule has 0 heterocycles. The predicted molar refractivity (Wildman–Crippen MR) is 78.9 cm³/mol. The summed E-state index contributed by atoms with van der Waals surface area (Å²) in [7, 11) is 2.96. The predicted octanol–water partition coefficient (Wildman–Crippen LogP) is 3.53. The van der Waals surface area contributed by atoms with E-state index in [2.05, 4.69) is 10.6 Å². The number of hydrogen-bond acceptors (Lipinski definition) is 5. The number of benzene rings is 2. The minimum atomic E-state index is -0.546. The van der Waals surface area contributed by atoms with Crippen molar-refractivity contribution in [1.29, 1.82) is 0 Å². The Kier molecular flexibility index (Phi) is 4.22. The molecule has 0 aliphatic heterocycles. The maximum Gasteiger partial charge on any atom is 0.315 e. The molecule has 2 aromatic rings. The second-order valence-corrected chi connectivity index (χ2v) is 4.18. The summed E-state index contributed by atoms with van der Waals surface area (Å²) in [4.78, 5) is 10.7. The van der Waals surface area contributed by atoms with Crippen molar-refractivity contribution in [2.45, 2.75) is 0 Å². The monoisotopic (exact) mass is 291 g/mol. The van der Waals surface area contributed by atoms with Crippen LogP contribution >= 0.6 is 0 Å². The van der Waals surface area contributed by atoms with Crippen LogP contribution in [0.4, 0.5) is 27.1 Å². The second-order valence-electron chi connectivity index (χ2n) is 4.18. The van der Waals surface area contributed by atoms with Gasteiger partial charge in [-0.1, -0.05) is 6.07 Å². The van der Waals surface area contributed by atoms with Crippen molar-refractivity contribution in [3.8, 4) is 5.75 Å². The van der Waals surface area contributed by atoms with Crippen molar-refractivity contribution in [3.63, 3.8) is 0 Å². The van der Waals surface area contributed by atoms with Gasteiger partial charge in [-0.25, -0.2) is 4.39 Å². The number of nitrogens with one attached hydrogen (secondary N) is 2. The molecule has 7 heteroatoms. The molecule has 0 atom stereocenters. The fourth-order valence-corrected chi connectivity index (χ4v) is 1.94. The van der Waals surface area contributed by atoms with Gasteiger partial charge in [0.25, 0.3) is 0 Å². The third kappa shape index (κ3) is 3.02. The van der Waals surface area contributed by atoms with Crippen LogP contribution in [0.5, 0.6) is 5.75 Å². The van der Waals surface area contributed by atoms with Crippen LogP contribution in [0.2, 0.25) is 0 Å². The van der Waals surface area contributed by atoms with Crippen LogP contribution in [-0.2, 0) is 0 Å². The van der Waals surface area contributed by atoms with Crippen LogP contribution in [0, 0.1) is 15.9 Å². The van der Waals surface area contributed by atoms with E-state index in [4.69, 9.17) is 4.74 Å². The number of methoxy groups -OCH3 is 1. The molecule has 0 fully saturated rings. The van der Waals surface area contributed by atoms with E-state index < -0.39 is 10.7 Å². The van der Waals surface area contributed by atoms with Crippen LogP contribution in [0.1, 0.15) is 0 Å². The first kappa shape index (κ1) is 14.6. The largest absolute Gasteiger partial charge is 0.494 e.